The van der Waals surface area contributed by atoms with Crippen molar-refractivity contribution < 1.29 is 0 Å². The van der Waals surface area contributed by atoms with Gasteiger partial charge in [0.2, 0.25) is 0 Å². The number of thiophene rings is 1. The normalized spacial score (nSPS) is 10.0. The molecule has 0 spiro atoms. The van der Waals surface area contributed by atoms with Gasteiger partial charge in [-0.25, -0.2) is 0 Å². The molecule has 2 aromatic heterocycles. The topological polar surface area (TPSA) is 36.7 Å². The second kappa shape index (κ2) is 2.58. The van der Waals surface area contributed by atoms with Crippen molar-refractivity contribution in [2.24, 2.45) is 0 Å². The average molecular weight is 174 g/mol. The molecule has 0 aromatic carbocycles. The van der Waals surface area contributed by atoms with Crippen LogP contribution in [0.3, 0.4) is 0 Å². The van der Waals surface area contributed by atoms with E-state index in [4.69, 9.17) is 5.26 Å². The zero-order valence-corrected chi connectivity index (χ0v) is 7.35. The summed E-state index contributed by atoms with van der Waals surface area (Å²) < 4.78 is 1.08. The average Bonchev–Trinajstić information content (AvgIpc) is 2.52. The van der Waals surface area contributed by atoms with Crippen molar-refractivity contribution in [2.45, 2.75) is 6.92 Å². The van der Waals surface area contributed by atoms with E-state index in [2.05, 4.69) is 11.1 Å². The van der Waals surface area contributed by atoms with E-state index in [9.17, 15) is 0 Å². The molecule has 2 aromatic rings. The van der Waals surface area contributed by atoms with Crippen LogP contribution < -0.4 is 0 Å². The number of fused-ring (bicyclic) bond motifs is 1. The minimum absolute atomic E-state index is 0.703. The number of hydrogen-bond acceptors (Lipinski definition) is 3. The summed E-state index contributed by atoms with van der Waals surface area (Å²) in [5, 5.41) is 11.9. The molecule has 2 nitrogen and oxygen atoms in total. The van der Waals surface area contributed by atoms with E-state index in [1.54, 1.807) is 11.3 Å². The molecule has 12 heavy (non-hydrogen) atoms. The second-order valence-electron chi connectivity index (χ2n) is 2.53. The van der Waals surface area contributed by atoms with Crippen molar-refractivity contribution in [3.05, 3.63) is 28.9 Å². The van der Waals surface area contributed by atoms with E-state index in [0.717, 1.165) is 15.8 Å². The molecule has 0 fully saturated rings. The molecule has 0 aliphatic heterocycles. The lowest BCUT2D eigenvalue weighted by Gasteiger charge is -1.95. The third kappa shape index (κ3) is 0.892. The number of pyridine rings is 1. The maximum Gasteiger partial charge on any atom is 0.102 e. The number of nitriles is 1. The van der Waals surface area contributed by atoms with Gasteiger partial charge in [0.15, 0.2) is 0 Å². The number of aromatic nitrogens is 1. The molecule has 2 rings (SSSR count). The van der Waals surface area contributed by atoms with Crippen LogP contribution in [0.15, 0.2) is 17.6 Å². The first-order chi connectivity index (χ1) is 5.83. The molecule has 0 atom stereocenters. The van der Waals surface area contributed by atoms with Crippen LogP contribution in [0.25, 0.3) is 10.1 Å². The fraction of sp³-hybridized carbons (Fsp3) is 0.111. The van der Waals surface area contributed by atoms with Crippen molar-refractivity contribution >= 4 is 21.4 Å². The fourth-order valence-electron chi connectivity index (χ4n) is 1.18. The maximum atomic E-state index is 8.85. The first kappa shape index (κ1) is 7.26. The largest absolute Gasteiger partial charge is 0.259 e. The van der Waals surface area contributed by atoms with E-state index >= 15 is 0 Å². The van der Waals surface area contributed by atoms with Crippen LogP contribution in [0.4, 0.5) is 0 Å². The number of aryl methyl sites for hydroxylation is 1. The van der Waals surface area contributed by atoms with Crippen LogP contribution in [0, 0.1) is 18.3 Å². The molecule has 2 heterocycles. The van der Waals surface area contributed by atoms with Gasteiger partial charge in [-0.15, -0.1) is 11.3 Å². The first-order valence-electron chi connectivity index (χ1n) is 3.56. The van der Waals surface area contributed by atoms with E-state index in [1.807, 2.05) is 24.6 Å². The highest BCUT2D eigenvalue weighted by atomic mass is 32.1. The SMILES string of the molecule is Cc1ncc2sccc2c1C#N. The number of hydrogen-bond donors (Lipinski definition) is 0. The van der Waals surface area contributed by atoms with Gasteiger partial charge in [-0.2, -0.15) is 5.26 Å². The smallest absolute Gasteiger partial charge is 0.102 e. The van der Waals surface area contributed by atoms with Gasteiger partial charge in [0.25, 0.3) is 0 Å². The van der Waals surface area contributed by atoms with Gasteiger partial charge < -0.3 is 0 Å². The fourth-order valence-corrected chi connectivity index (χ4v) is 1.94. The van der Waals surface area contributed by atoms with E-state index in [1.165, 1.54) is 0 Å². The Hall–Kier alpha value is -1.40. The highest BCUT2D eigenvalue weighted by Crippen LogP contribution is 2.24. The summed E-state index contributed by atoms with van der Waals surface area (Å²) in [7, 11) is 0. The molecule has 0 amide bonds. The van der Waals surface area contributed by atoms with E-state index in [0.29, 0.717) is 5.56 Å². The van der Waals surface area contributed by atoms with Crippen LogP contribution in [0.2, 0.25) is 0 Å². The van der Waals surface area contributed by atoms with Crippen molar-refractivity contribution in [1.82, 2.24) is 4.98 Å². The Morgan fingerprint density at radius 3 is 3.17 bits per heavy atom. The third-order valence-corrected chi connectivity index (χ3v) is 2.66. The maximum absolute atomic E-state index is 8.85. The van der Waals surface area contributed by atoms with Gasteiger partial charge in [0.05, 0.1) is 16.0 Å². The van der Waals surface area contributed by atoms with Gasteiger partial charge >= 0.3 is 0 Å². The molecule has 0 N–H and O–H groups in total. The predicted octanol–water partition coefficient (Wildman–Crippen LogP) is 2.48. The quantitative estimate of drug-likeness (QED) is 0.615. The molecule has 0 saturated carbocycles. The Balaban J connectivity index is 2.94. The van der Waals surface area contributed by atoms with Gasteiger partial charge in [0, 0.05) is 11.6 Å². The Bertz CT molecular complexity index is 465. The monoisotopic (exact) mass is 174 g/mol. The molecule has 0 unspecified atom stereocenters. The zero-order valence-electron chi connectivity index (χ0n) is 6.53. The summed E-state index contributed by atoms with van der Waals surface area (Å²) in [6.45, 7) is 1.86. The second-order valence-corrected chi connectivity index (χ2v) is 3.48. The molecule has 58 valence electrons. The minimum atomic E-state index is 0.703. The molecular formula is C9H6N2S. The van der Waals surface area contributed by atoms with Crippen LogP contribution in [0.5, 0.6) is 0 Å². The summed E-state index contributed by atoms with van der Waals surface area (Å²) in [5.74, 6) is 0. The van der Waals surface area contributed by atoms with Gasteiger partial charge in [-0.05, 0) is 18.4 Å². The van der Waals surface area contributed by atoms with Gasteiger partial charge in [-0.3, -0.25) is 4.98 Å². The molecule has 0 aliphatic carbocycles. The van der Waals surface area contributed by atoms with Crippen LogP contribution in [-0.4, -0.2) is 4.98 Å². The van der Waals surface area contributed by atoms with Crippen LogP contribution in [0.1, 0.15) is 11.3 Å². The molecule has 0 bridgehead atoms. The lowest BCUT2D eigenvalue weighted by atomic mass is 10.1. The van der Waals surface area contributed by atoms with Crippen molar-refractivity contribution in [3.63, 3.8) is 0 Å². The first-order valence-corrected chi connectivity index (χ1v) is 4.44. The number of nitrogens with zero attached hydrogens (tertiary/aromatic N) is 2. The summed E-state index contributed by atoms with van der Waals surface area (Å²) >= 11 is 1.61. The predicted molar refractivity (Wildman–Crippen MR) is 49.1 cm³/mol. The minimum Gasteiger partial charge on any atom is -0.259 e. The van der Waals surface area contributed by atoms with E-state index in [-0.39, 0.29) is 0 Å². The Kier molecular flexibility index (Phi) is 1.56. The Labute approximate surface area is 74.1 Å². The van der Waals surface area contributed by atoms with Gasteiger partial charge in [-0.1, -0.05) is 0 Å². The lowest BCUT2D eigenvalue weighted by molar-refractivity contribution is 1.21. The highest BCUT2D eigenvalue weighted by molar-refractivity contribution is 7.17. The molecule has 0 aliphatic rings. The summed E-state index contributed by atoms with van der Waals surface area (Å²) in [6, 6.07) is 4.13. The highest BCUT2D eigenvalue weighted by Gasteiger charge is 2.04. The Morgan fingerprint density at radius 1 is 1.58 bits per heavy atom. The summed E-state index contributed by atoms with van der Waals surface area (Å²) in [6.07, 6.45) is 1.82. The van der Waals surface area contributed by atoms with E-state index < -0.39 is 0 Å². The van der Waals surface area contributed by atoms with Crippen LogP contribution in [-0.2, 0) is 0 Å². The zero-order chi connectivity index (χ0) is 8.55. The lowest BCUT2D eigenvalue weighted by Crippen LogP contribution is -1.86. The van der Waals surface area contributed by atoms with Gasteiger partial charge in [0.1, 0.15) is 6.07 Å². The number of rotatable bonds is 0. The summed E-state index contributed by atoms with van der Waals surface area (Å²) in [4.78, 5) is 4.14. The summed E-state index contributed by atoms with van der Waals surface area (Å²) in [5.41, 5.74) is 1.51. The Morgan fingerprint density at radius 2 is 2.42 bits per heavy atom. The molecule has 0 radical (unpaired) electrons. The third-order valence-electron chi connectivity index (χ3n) is 1.81. The molecule has 3 heteroatoms. The van der Waals surface area contributed by atoms with Crippen LogP contribution >= 0.6 is 11.3 Å². The van der Waals surface area contributed by atoms with Crippen molar-refractivity contribution in [1.29, 1.82) is 5.26 Å². The standard InChI is InChI=1S/C9H6N2S/c1-6-8(4-10)7-2-3-12-9(7)5-11-6/h2-3,5H,1H3. The van der Waals surface area contributed by atoms with Crippen molar-refractivity contribution in [3.8, 4) is 6.07 Å². The molecular weight excluding hydrogens is 168 g/mol. The van der Waals surface area contributed by atoms with Crippen molar-refractivity contribution in [2.75, 3.05) is 0 Å². The molecule has 0 saturated heterocycles.